The number of hydrogen-bond donors (Lipinski definition) is 3. The van der Waals surface area contributed by atoms with Crippen molar-refractivity contribution < 1.29 is 115 Å². The Balaban J connectivity index is 0.00000276. The largest absolute Gasteiger partial charge is 1.00 e. The molecule has 45 heavy (non-hydrogen) atoms. The summed E-state index contributed by atoms with van der Waals surface area (Å²) in [5, 5.41) is 35.1. The molecule has 1 aliphatic heterocycles. The number of hydrogen-bond acceptors (Lipinski definition) is 12. The Hall–Kier alpha value is 1.82. The van der Waals surface area contributed by atoms with Gasteiger partial charge in [-0.1, -0.05) is 41.5 Å². The number of phosphoric ester groups is 1. The molecule has 3 N–H and O–H groups in total. The van der Waals surface area contributed by atoms with E-state index in [0.29, 0.717) is 25.2 Å². The molecule has 8 unspecified atom stereocenters. The van der Waals surface area contributed by atoms with Crippen molar-refractivity contribution in [3.05, 3.63) is 0 Å². The van der Waals surface area contributed by atoms with Gasteiger partial charge >= 0.3 is 59.1 Å². The number of aliphatic hydroxyl groups is 3. The molecule has 5 rings (SSSR count). The minimum Gasteiger partial charge on any atom is -0.756 e. The molecular weight excluding hydrogens is 649 g/mol. The van der Waals surface area contributed by atoms with Crippen molar-refractivity contribution in [3.8, 4) is 0 Å². The Bertz CT molecular complexity index is 1230. The van der Waals surface area contributed by atoms with Crippen LogP contribution in [0.25, 0.3) is 0 Å². The molecule has 16 atom stereocenters. The van der Waals surface area contributed by atoms with Crippen LogP contribution in [0.5, 0.6) is 0 Å². The van der Waals surface area contributed by atoms with E-state index in [1.807, 2.05) is 6.92 Å². The molecule has 0 aromatic carbocycles. The Morgan fingerprint density at radius 2 is 1.67 bits per heavy atom. The fourth-order valence-corrected chi connectivity index (χ4v) is 11.8. The van der Waals surface area contributed by atoms with E-state index in [1.54, 1.807) is 0 Å². The molecular formula is C29H49Na2O12PS. The maximum absolute atomic E-state index is 12.9. The molecule has 0 bridgehead atoms. The summed E-state index contributed by atoms with van der Waals surface area (Å²) < 4.78 is 68.5. The minimum atomic E-state index is -5.10. The summed E-state index contributed by atoms with van der Waals surface area (Å²) in [6.07, 6.45) is -1.94. The number of fused-ring (bicyclic) bond motifs is 7. The third-order valence-electron chi connectivity index (χ3n) is 12.9. The first-order valence-corrected chi connectivity index (χ1v) is 18.4. The van der Waals surface area contributed by atoms with Crippen LogP contribution in [0.1, 0.15) is 73.6 Å². The monoisotopic (exact) mass is 698 g/mol. The second-order valence-corrected chi connectivity index (χ2v) is 17.7. The molecule has 4 saturated carbocycles. The zero-order chi connectivity index (χ0) is 32.1. The van der Waals surface area contributed by atoms with Gasteiger partial charge in [-0.3, -0.25) is 8.75 Å². The summed E-state index contributed by atoms with van der Waals surface area (Å²) in [5.74, 6) is -1.71. The van der Waals surface area contributed by atoms with Crippen LogP contribution in [0.3, 0.4) is 0 Å². The fraction of sp³-hybridized carbons (Fsp3) is 1.00. The van der Waals surface area contributed by atoms with Crippen molar-refractivity contribution in [1.82, 2.24) is 0 Å². The van der Waals surface area contributed by atoms with Crippen LogP contribution in [0.2, 0.25) is 0 Å². The average Bonchev–Trinajstić information content (AvgIpc) is 3.33. The van der Waals surface area contributed by atoms with Gasteiger partial charge in [-0.05, 0) is 84.4 Å². The second kappa shape index (κ2) is 14.1. The first-order valence-electron chi connectivity index (χ1n) is 15.6. The molecule has 12 nitrogen and oxygen atoms in total. The van der Waals surface area contributed by atoms with Crippen molar-refractivity contribution in [3.63, 3.8) is 0 Å². The number of ether oxygens (including phenoxy) is 1. The third-order valence-corrected chi connectivity index (χ3v) is 14.2. The number of aliphatic hydroxyl groups excluding tert-OH is 2. The van der Waals surface area contributed by atoms with E-state index in [1.165, 1.54) is 0 Å². The molecule has 4 aliphatic carbocycles. The van der Waals surface area contributed by atoms with Crippen molar-refractivity contribution in [2.45, 2.75) is 110 Å². The van der Waals surface area contributed by atoms with Gasteiger partial charge in [-0.2, -0.15) is 0 Å². The SMILES string of the molecule is COP(=O)([O-])O[C@@H]1C2OC([C@@H](C)C(C)C)CC(C)C2[C@@]2(C)CCC3[C@H](C12)[C@@H](O)[C@@H](O)C1[C@](O)(COS(=O)(=O)[O-])CC[C@]31C.[Na+].[Na+]. The van der Waals surface area contributed by atoms with Gasteiger partial charge in [0.1, 0.15) is 0 Å². The fourth-order valence-electron chi connectivity index (χ4n) is 10.8. The predicted molar refractivity (Wildman–Crippen MR) is 151 cm³/mol. The van der Waals surface area contributed by atoms with Crippen LogP contribution >= 0.6 is 7.82 Å². The molecule has 0 aromatic heterocycles. The van der Waals surface area contributed by atoms with Gasteiger partial charge in [0.05, 0.1) is 42.7 Å². The maximum Gasteiger partial charge on any atom is 1.00 e. The molecule has 5 aliphatic rings. The summed E-state index contributed by atoms with van der Waals surface area (Å²) in [6, 6.07) is 0. The standard InChI is InChI=1S/C29H51O12PS.2Na/c1-14(2)16(4)18-12-15(3)20-24(40-18)25(41-42(33,34)38-7)21-19-17(8-9-28(20,21)6)27(5)10-11-29(32,13-39-43(35,36)37)26(27)23(31)22(19)30;;/h14-26,30-32H,8-13H2,1-7H3,(H,33,34)(H,35,36,37);;/q;2*+1/p-2/t15?,16-,17?,18?,19+,20?,21?,22+,23+,24?,25-,26?,27+,28+,29+;;/m0../s1. The van der Waals surface area contributed by atoms with E-state index >= 15 is 0 Å². The van der Waals surface area contributed by atoms with Gasteiger partial charge in [0.25, 0.3) is 7.82 Å². The molecule has 250 valence electrons. The third kappa shape index (κ3) is 7.04. The van der Waals surface area contributed by atoms with Crippen LogP contribution in [0, 0.1) is 58.2 Å². The number of rotatable bonds is 8. The van der Waals surface area contributed by atoms with Gasteiger partial charge in [0.15, 0.2) is 0 Å². The molecule has 0 amide bonds. The summed E-state index contributed by atoms with van der Waals surface area (Å²) in [5.41, 5.74) is -3.11. The summed E-state index contributed by atoms with van der Waals surface area (Å²) in [4.78, 5) is 12.9. The predicted octanol–water partition coefficient (Wildman–Crippen LogP) is -3.78. The molecule has 0 spiro atoms. The second-order valence-electron chi connectivity index (χ2n) is 15.2. The first-order chi connectivity index (χ1) is 19.7. The topological polar surface area (TPSA) is 195 Å². The van der Waals surface area contributed by atoms with Crippen LogP contribution in [-0.2, 0) is 32.9 Å². The minimum absolute atomic E-state index is 0. The Morgan fingerprint density at radius 3 is 2.22 bits per heavy atom. The van der Waals surface area contributed by atoms with Gasteiger partial charge in [-0.15, -0.1) is 0 Å². The van der Waals surface area contributed by atoms with Crippen LogP contribution < -0.4 is 64.0 Å². The van der Waals surface area contributed by atoms with Gasteiger partial charge in [0, 0.05) is 13.0 Å². The molecule has 5 fully saturated rings. The van der Waals surface area contributed by atoms with Gasteiger partial charge in [-0.25, -0.2) is 8.42 Å². The maximum atomic E-state index is 12.9. The molecule has 1 heterocycles. The zero-order valence-electron chi connectivity index (χ0n) is 28.1. The van der Waals surface area contributed by atoms with E-state index in [0.717, 1.165) is 13.5 Å². The summed E-state index contributed by atoms with van der Waals surface area (Å²) in [7, 11) is -8.79. The van der Waals surface area contributed by atoms with E-state index in [4.69, 9.17) is 13.8 Å². The van der Waals surface area contributed by atoms with Crippen molar-refractivity contribution in [1.29, 1.82) is 0 Å². The van der Waals surface area contributed by atoms with Gasteiger partial charge in [0.2, 0.25) is 10.4 Å². The van der Waals surface area contributed by atoms with Crippen LogP contribution in [0.4, 0.5) is 0 Å². The summed E-state index contributed by atoms with van der Waals surface area (Å²) in [6.45, 7) is 11.8. The van der Waals surface area contributed by atoms with Crippen molar-refractivity contribution in [2.24, 2.45) is 58.2 Å². The van der Waals surface area contributed by atoms with E-state index in [9.17, 15) is 37.7 Å². The Morgan fingerprint density at radius 1 is 1.04 bits per heavy atom. The van der Waals surface area contributed by atoms with E-state index in [2.05, 4.69) is 38.8 Å². The van der Waals surface area contributed by atoms with Crippen LogP contribution in [0.15, 0.2) is 0 Å². The first kappa shape index (κ1) is 41.2. The van der Waals surface area contributed by atoms with Crippen molar-refractivity contribution >= 4 is 18.2 Å². The zero-order valence-corrected chi connectivity index (χ0v) is 33.8. The molecule has 0 radical (unpaired) electrons. The number of phosphoric acid groups is 1. The molecule has 0 aromatic rings. The Labute approximate surface area is 312 Å². The van der Waals surface area contributed by atoms with E-state index in [-0.39, 0.29) is 95.3 Å². The van der Waals surface area contributed by atoms with E-state index < -0.39 is 83.4 Å². The van der Waals surface area contributed by atoms with Crippen LogP contribution in [-0.4, -0.2) is 78.1 Å². The smallest absolute Gasteiger partial charge is 0.756 e. The molecule has 16 heteroatoms. The summed E-state index contributed by atoms with van der Waals surface area (Å²) >= 11 is 0. The Kier molecular flexibility index (Phi) is 12.9. The molecule has 1 saturated heterocycles. The average molecular weight is 699 g/mol. The van der Waals surface area contributed by atoms with Gasteiger partial charge < -0.3 is 38.6 Å². The normalized spacial score (nSPS) is 49.4. The van der Waals surface area contributed by atoms with Crippen molar-refractivity contribution in [2.75, 3.05) is 13.7 Å². The quantitative estimate of drug-likeness (QED) is 0.0971.